The maximum Gasteiger partial charge on any atom is 0.171 e. The summed E-state index contributed by atoms with van der Waals surface area (Å²) in [4.78, 5) is 10.00. The number of hydrogen-bond donors (Lipinski definition) is 1. The number of aromatic nitrogens is 2. The van der Waals surface area contributed by atoms with Crippen molar-refractivity contribution in [3.05, 3.63) is 29.3 Å². The molecule has 2 aromatic rings. The van der Waals surface area contributed by atoms with E-state index in [4.69, 9.17) is 0 Å². The summed E-state index contributed by atoms with van der Waals surface area (Å²) in [5, 5.41) is 5.36. The van der Waals surface area contributed by atoms with Crippen LogP contribution < -0.4 is 5.32 Å². The summed E-state index contributed by atoms with van der Waals surface area (Å²) in [6, 6.07) is 4.06. The fourth-order valence-corrected chi connectivity index (χ4v) is 2.05. The summed E-state index contributed by atoms with van der Waals surface area (Å²) in [5.74, 6) is 1.75. The number of aryl methyl sites for hydroxylation is 1. The van der Waals surface area contributed by atoms with Crippen molar-refractivity contribution < 1.29 is 0 Å². The first-order chi connectivity index (χ1) is 7.81. The number of hydrogen-bond acceptors (Lipinski definition) is 4. The van der Waals surface area contributed by atoms with Gasteiger partial charge in [-0.1, -0.05) is 13.0 Å². The van der Waals surface area contributed by atoms with Crippen molar-refractivity contribution in [2.24, 2.45) is 0 Å². The smallest absolute Gasteiger partial charge is 0.171 e. The summed E-state index contributed by atoms with van der Waals surface area (Å²) >= 11 is 1.66. The predicted octanol–water partition coefficient (Wildman–Crippen LogP) is 3.34. The Labute approximate surface area is 99.6 Å². The lowest BCUT2D eigenvalue weighted by atomic mass is 10.3. The van der Waals surface area contributed by atoms with Crippen LogP contribution in [0.3, 0.4) is 0 Å². The highest BCUT2D eigenvalue weighted by Gasteiger charge is 2.05. The highest BCUT2D eigenvalue weighted by molar-refractivity contribution is 7.13. The van der Waals surface area contributed by atoms with E-state index < -0.39 is 0 Å². The van der Waals surface area contributed by atoms with E-state index in [2.05, 4.69) is 22.2 Å². The monoisotopic (exact) mass is 233 g/mol. The SMILES string of the molecule is CCCNc1nc(-c2cccs2)ncc1C. The molecule has 2 heterocycles. The average molecular weight is 233 g/mol. The topological polar surface area (TPSA) is 37.8 Å². The van der Waals surface area contributed by atoms with E-state index in [1.807, 2.05) is 30.6 Å². The number of nitrogens with zero attached hydrogens (tertiary/aromatic N) is 2. The summed E-state index contributed by atoms with van der Waals surface area (Å²) in [6.07, 6.45) is 2.97. The summed E-state index contributed by atoms with van der Waals surface area (Å²) < 4.78 is 0. The number of anilines is 1. The molecule has 0 spiro atoms. The molecule has 2 aromatic heterocycles. The predicted molar refractivity (Wildman–Crippen MR) is 68.9 cm³/mol. The molecule has 0 aliphatic rings. The number of thiophene rings is 1. The van der Waals surface area contributed by atoms with Gasteiger partial charge in [0.25, 0.3) is 0 Å². The molecule has 0 aliphatic carbocycles. The van der Waals surface area contributed by atoms with E-state index in [1.54, 1.807) is 11.3 Å². The molecule has 0 radical (unpaired) electrons. The second-order valence-electron chi connectivity index (χ2n) is 3.63. The van der Waals surface area contributed by atoms with Gasteiger partial charge in [-0.25, -0.2) is 9.97 Å². The van der Waals surface area contributed by atoms with Crippen molar-refractivity contribution >= 4 is 17.2 Å². The minimum absolute atomic E-state index is 0.805. The maximum absolute atomic E-state index is 4.54. The highest BCUT2D eigenvalue weighted by atomic mass is 32.1. The Hall–Kier alpha value is -1.42. The van der Waals surface area contributed by atoms with E-state index in [9.17, 15) is 0 Å². The molecule has 0 atom stereocenters. The molecule has 2 rings (SSSR count). The van der Waals surface area contributed by atoms with Crippen LogP contribution in [0.15, 0.2) is 23.7 Å². The molecule has 0 aromatic carbocycles. The molecular weight excluding hydrogens is 218 g/mol. The third kappa shape index (κ3) is 2.39. The van der Waals surface area contributed by atoms with Gasteiger partial charge in [-0.05, 0) is 24.8 Å². The van der Waals surface area contributed by atoms with Crippen molar-refractivity contribution in [3.63, 3.8) is 0 Å². The van der Waals surface area contributed by atoms with E-state index >= 15 is 0 Å². The molecule has 0 fully saturated rings. The fourth-order valence-electron chi connectivity index (χ4n) is 1.39. The van der Waals surface area contributed by atoms with Gasteiger partial charge in [0.15, 0.2) is 5.82 Å². The minimum Gasteiger partial charge on any atom is -0.370 e. The lowest BCUT2D eigenvalue weighted by Gasteiger charge is -2.07. The molecule has 0 aliphatic heterocycles. The molecule has 0 saturated carbocycles. The van der Waals surface area contributed by atoms with Crippen molar-refractivity contribution in [1.82, 2.24) is 9.97 Å². The van der Waals surface area contributed by atoms with Crippen LogP contribution in [0.2, 0.25) is 0 Å². The largest absolute Gasteiger partial charge is 0.370 e. The van der Waals surface area contributed by atoms with Crippen molar-refractivity contribution in [2.75, 3.05) is 11.9 Å². The van der Waals surface area contributed by atoms with Gasteiger partial charge in [-0.2, -0.15) is 0 Å². The van der Waals surface area contributed by atoms with Gasteiger partial charge < -0.3 is 5.32 Å². The van der Waals surface area contributed by atoms with Crippen LogP contribution in [-0.4, -0.2) is 16.5 Å². The third-order valence-corrected chi connectivity index (χ3v) is 3.12. The van der Waals surface area contributed by atoms with Gasteiger partial charge in [0.2, 0.25) is 0 Å². The molecule has 84 valence electrons. The first kappa shape index (κ1) is 11.1. The molecule has 4 heteroatoms. The molecule has 0 unspecified atom stereocenters. The Bertz CT molecular complexity index is 451. The van der Waals surface area contributed by atoms with E-state index in [0.717, 1.165) is 35.0 Å². The molecule has 0 amide bonds. The second-order valence-corrected chi connectivity index (χ2v) is 4.58. The second kappa shape index (κ2) is 5.07. The van der Waals surface area contributed by atoms with E-state index in [-0.39, 0.29) is 0 Å². The first-order valence-corrected chi connectivity index (χ1v) is 6.30. The Morgan fingerprint density at radius 3 is 3.00 bits per heavy atom. The normalized spacial score (nSPS) is 10.4. The zero-order chi connectivity index (χ0) is 11.4. The maximum atomic E-state index is 4.54. The van der Waals surface area contributed by atoms with Gasteiger partial charge in [-0.3, -0.25) is 0 Å². The van der Waals surface area contributed by atoms with Crippen molar-refractivity contribution in [3.8, 4) is 10.7 Å². The average Bonchev–Trinajstić information content (AvgIpc) is 2.81. The fraction of sp³-hybridized carbons (Fsp3) is 0.333. The van der Waals surface area contributed by atoms with E-state index in [0.29, 0.717) is 0 Å². The lowest BCUT2D eigenvalue weighted by Crippen LogP contribution is -2.05. The quantitative estimate of drug-likeness (QED) is 0.880. The van der Waals surface area contributed by atoms with Crippen LogP contribution in [0.4, 0.5) is 5.82 Å². The molecule has 0 bridgehead atoms. The third-order valence-electron chi connectivity index (χ3n) is 2.26. The Morgan fingerprint density at radius 2 is 2.31 bits per heavy atom. The number of rotatable bonds is 4. The Kier molecular flexibility index (Phi) is 3.51. The zero-order valence-corrected chi connectivity index (χ0v) is 10.3. The Morgan fingerprint density at radius 1 is 1.44 bits per heavy atom. The van der Waals surface area contributed by atoms with Gasteiger partial charge >= 0.3 is 0 Å². The number of nitrogens with one attached hydrogen (secondary N) is 1. The van der Waals surface area contributed by atoms with Crippen LogP contribution in [0.25, 0.3) is 10.7 Å². The summed E-state index contributed by atoms with van der Waals surface area (Å²) in [5.41, 5.74) is 1.09. The molecular formula is C12H15N3S. The van der Waals surface area contributed by atoms with Crippen molar-refractivity contribution in [2.45, 2.75) is 20.3 Å². The van der Waals surface area contributed by atoms with Gasteiger partial charge in [0.05, 0.1) is 4.88 Å². The Balaban J connectivity index is 2.28. The van der Waals surface area contributed by atoms with Gasteiger partial charge in [0.1, 0.15) is 5.82 Å². The van der Waals surface area contributed by atoms with Crippen molar-refractivity contribution in [1.29, 1.82) is 0 Å². The highest BCUT2D eigenvalue weighted by Crippen LogP contribution is 2.22. The van der Waals surface area contributed by atoms with Gasteiger partial charge in [0, 0.05) is 18.3 Å². The summed E-state index contributed by atoms with van der Waals surface area (Å²) in [6.45, 7) is 5.11. The zero-order valence-electron chi connectivity index (χ0n) is 9.53. The lowest BCUT2D eigenvalue weighted by molar-refractivity contribution is 0.961. The molecule has 1 N–H and O–H groups in total. The van der Waals surface area contributed by atoms with E-state index in [1.165, 1.54) is 0 Å². The molecule has 0 saturated heterocycles. The molecule has 3 nitrogen and oxygen atoms in total. The standard InChI is InChI=1S/C12H15N3S/c1-3-6-13-11-9(2)8-14-12(15-11)10-5-4-7-16-10/h4-5,7-8H,3,6H2,1-2H3,(H,13,14,15). The first-order valence-electron chi connectivity index (χ1n) is 5.42. The molecule has 16 heavy (non-hydrogen) atoms. The minimum atomic E-state index is 0.805. The van der Waals surface area contributed by atoms with Gasteiger partial charge in [-0.15, -0.1) is 11.3 Å². The van der Waals surface area contributed by atoms with Crippen LogP contribution in [-0.2, 0) is 0 Å². The van der Waals surface area contributed by atoms with Crippen LogP contribution in [0, 0.1) is 6.92 Å². The summed E-state index contributed by atoms with van der Waals surface area (Å²) in [7, 11) is 0. The van der Waals surface area contributed by atoms with Crippen LogP contribution in [0.1, 0.15) is 18.9 Å². The van der Waals surface area contributed by atoms with Crippen LogP contribution >= 0.6 is 11.3 Å². The van der Waals surface area contributed by atoms with Crippen LogP contribution in [0.5, 0.6) is 0 Å².